The number of benzene rings is 10. The lowest BCUT2D eigenvalue weighted by atomic mass is 9.91. The van der Waals surface area contributed by atoms with E-state index < -0.39 is 0 Å². The molecule has 13 rings (SSSR count). The minimum Gasteiger partial charge on any atom is -0.310 e. The van der Waals surface area contributed by atoms with Crippen molar-refractivity contribution < 1.29 is 0 Å². The fourth-order valence-electron chi connectivity index (χ4n) is 9.90. The number of anilines is 9. The average molecular weight is 880 g/mol. The second-order valence-corrected chi connectivity index (χ2v) is 19.1. The Morgan fingerprint density at radius 3 is 1.33 bits per heavy atom. The average Bonchev–Trinajstić information content (AvgIpc) is 3.39. The normalized spacial score (nSPS) is 13.2. The zero-order valence-electron chi connectivity index (χ0n) is 35.9. The van der Waals surface area contributed by atoms with Crippen molar-refractivity contribution in [2.45, 2.75) is 26.0 Å². The minimum atomic E-state index is 0.838. The molecule has 0 radical (unpaired) electrons. The Labute approximate surface area is 394 Å². The Hall–Kier alpha value is -7.70. The monoisotopic (exact) mass is 879 g/mol. The summed E-state index contributed by atoms with van der Waals surface area (Å²) in [5.41, 5.74) is 20.7. The molecule has 10 aromatic rings. The number of para-hydroxylation sites is 3. The van der Waals surface area contributed by atoms with E-state index in [2.05, 4.69) is 251 Å². The molecule has 0 saturated heterocycles. The highest BCUT2D eigenvalue weighted by molar-refractivity contribution is 8.00. The van der Waals surface area contributed by atoms with Crippen molar-refractivity contribution in [3.8, 4) is 33.4 Å². The molecule has 0 saturated carbocycles. The molecular formula is C61H41N3S2. The molecular weight excluding hydrogens is 839 g/mol. The molecule has 3 nitrogen and oxygen atoms in total. The lowest BCUT2D eigenvalue weighted by Crippen LogP contribution is -2.22. The van der Waals surface area contributed by atoms with E-state index in [1.807, 2.05) is 23.5 Å². The van der Waals surface area contributed by atoms with Crippen molar-refractivity contribution in [3.63, 3.8) is 0 Å². The van der Waals surface area contributed by atoms with Crippen molar-refractivity contribution in [3.05, 3.63) is 248 Å². The molecule has 0 bridgehead atoms. The molecule has 10 aromatic carbocycles. The van der Waals surface area contributed by atoms with Crippen LogP contribution in [0.15, 0.2) is 256 Å². The van der Waals surface area contributed by atoms with Crippen LogP contribution in [-0.4, -0.2) is 0 Å². The summed E-state index contributed by atoms with van der Waals surface area (Å²) in [5.74, 6) is 0. The summed E-state index contributed by atoms with van der Waals surface area (Å²) in [6.45, 7) is 0. The first-order valence-corrected chi connectivity index (χ1v) is 24.1. The van der Waals surface area contributed by atoms with Crippen LogP contribution in [-0.2, 0) is 6.42 Å². The first-order valence-electron chi connectivity index (χ1n) is 22.5. The minimum absolute atomic E-state index is 0.838. The fraction of sp³-hybridized carbons (Fsp3) is 0.0164. The van der Waals surface area contributed by atoms with Crippen LogP contribution in [0, 0.1) is 0 Å². The number of nitrogens with zero attached hydrogens (tertiary/aromatic N) is 3. The first kappa shape index (κ1) is 38.7. The zero-order chi connectivity index (χ0) is 43.6. The summed E-state index contributed by atoms with van der Waals surface area (Å²) in [6.07, 6.45) is 0.838. The van der Waals surface area contributed by atoms with Crippen LogP contribution in [0.25, 0.3) is 33.4 Å². The number of hydrogen-bond donors (Lipinski definition) is 0. The molecule has 0 aliphatic carbocycles. The topological polar surface area (TPSA) is 9.72 Å². The van der Waals surface area contributed by atoms with E-state index in [1.54, 1.807) is 0 Å². The third-order valence-corrected chi connectivity index (χ3v) is 15.4. The summed E-state index contributed by atoms with van der Waals surface area (Å²) in [5, 5.41) is 0. The maximum Gasteiger partial charge on any atom is 0.0606 e. The maximum absolute atomic E-state index is 2.49. The molecule has 0 amide bonds. The Bertz CT molecular complexity index is 3450. The van der Waals surface area contributed by atoms with Gasteiger partial charge in [0.1, 0.15) is 0 Å². The van der Waals surface area contributed by atoms with E-state index in [4.69, 9.17) is 0 Å². The van der Waals surface area contributed by atoms with Crippen molar-refractivity contribution in [2.75, 3.05) is 14.7 Å². The molecule has 0 unspecified atom stereocenters. The zero-order valence-corrected chi connectivity index (χ0v) is 37.5. The summed E-state index contributed by atoms with van der Waals surface area (Å²) in [7, 11) is 0. The van der Waals surface area contributed by atoms with E-state index in [-0.39, 0.29) is 0 Å². The second-order valence-electron chi connectivity index (χ2n) is 16.9. The smallest absolute Gasteiger partial charge is 0.0606 e. The van der Waals surface area contributed by atoms with Gasteiger partial charge < -0.3 is 14.7 Å². The summed E-state index contributed by atoms with van der Waals surface area (Å²) < 4.78 is 0. The Morgan fingerprint density at radius 1 is 0.273 bits per heavy atom. The molecule has 66 heavy (non-hydrogen) atoms. The molecule has 0 N–H and O–H groups in total. The Morgan fingerprint density at radius 2 is 0.682 bits per heavy atom. The molecule has 0 fully saturated rings. The predicted molar refractivity (Wildman–Crippen MR) is 278 cm³/mol. The van der Waals surface area contributed by atoms with Gasteiger partial charge in [-0.05, 0) is 142 Å². The van der Waals surface area contributed by atoms with Gasteiger partial charge in [0.25, 0.3) is 0 Å². The molecule has 0 spiro atoms. The Kier molecular flexibility index (Phi) is 9.43. The second kappa shape index (κ2) is 16.1. The number of rotatable bonds is 6. The molecule has 0 aromatic heterocycles. The maximum atomic E-state index is 2.49. The van der Waals surface area contributed by atoms with Gasteiger partial charge in [0.05, 0.1) is 28.4 Å². The summed E-state index contributed by atoms with van der Waals surface area (Å²) >= 11 is 3.75. The van der Waals surface area contributed by atoms with Crippen LogP contribution in [0.1, 0.15) is 11.1 Å². The van der Waals surface area contributed by atoms with E-state index >= 15 is 0 Å². The predicted octanol–water partition coefficient (Wildman–Crippen LogP) is 17.9. The summed E-state index contributed by atoms with van der Waals surface area (Å²) in [6, 6.07) is 86.5. The van der Waals surface area contributed by atoms with Gasteiger partial charge in [-0.1, -0.05) is 163 Å². The van der Waals surface area contributed by atoms with Crippen molar-refractivity contribution in [1.29, 1.82) is 0 Å². The fourth-order valence-corrected chi connectivity index (χ4v) is 12.2. The SMILES string of the molecule is c1ccc(-c2ccc(N3c4ccccc4Sc4cc(-c5ccc(N6c7ccc(-c8ccccc8)cc7Cc7c6ccc6c7Sc7ccccc7N6c6ccccc6)cc5)ccc43)cc2)cc1. The van der Waals surface area contributed by atoms with Crippen LogP contribution in [0.4, 0.5) is 51.2 Å². The quantitative estimate of drug-likeness (QED) is 0.164. The lowest BCUT2D eigenvalue weighted by Gasteiger charge is -2.39. The third-order valence-electron chi connectivity index (χ3n) is 13.0. The van der Waals surface area contributed by atoms with E-state index in [0.717, 1.165) is 23.5 Å². The number of fused-ring (bicyclic) bond motifs is 7. The standard InChI is InChI=1S/C61H41N3S2/c1-4-14-41(15-5-1)43-24-30-50(31-25-43)63-54-20-10-12-22-58(54)65-60-40-46(29-35-56(60)63)44-26-32-49(33-27-44)62-52-34-28-45(42-16-6-2-7-17-42)38-47(52)39-51-53(62)36-37-57-61(51)66-59-23-13-11-21-55(59)64(57)48-18-8-3-9-19-48/h1-38,40H,39H2. The third kappa shape index (κ3) is 6.62. The summed E-state index contributed by atoms with van der Waals surface area (Å²) in [4.78, 5) is 12.4. The van der Waals surface area contributed by atoms with Crippen LogP contribution >= 0.6 is 23.5 Å². The van der Waals surface area contributed by atoms with Gasteiger partial charge in [-0.2, -0.15) is 0 Å². The van der Waals surface area contributed by atoms with Gasteiger partial charge in [-0.3, -0.25) is 0 Å². The molecule has 0 atom stereocenters. The molecule has 3 aliphatic rings. The van der Waals surface area contributed by atoms with Gasteiger partial charge in [0.15, 0.2) is 0 Å². The molecule has 312 valence electrons. The van der Waals surface area contributed by atoms with Crippen LogP contribution < -0.4 is 14.7 Å². The van der Waals surface area contributed by atoms with Crippen molar-refractivity contribution in [2.24, 2.45) is 0 Å². The molecule has 3 aliphatic heterocycles. The highest BCUT2D eigenvalue weighted by atomic mass is 32.2. The van der Waals surface area contributed by atoms with Gasteiger partial charge in [-0.25, -0.2) is 0 Å². The van der Waals surface area contributed by atoms with Gasteiger partial charge in [0.2, 0.25) is 0 Å². The van der Waals surface area contributed by atoms with Crippen molar-refractivity contribution in [1.82, 2.24) is 0 Å². The highest BCUT2D eigenvalue weighted by Crippen LogP contribution is 2.58. The van der Waals surface area contributed by atoms with Crippen LogP contribution in [0.2, 0.25) is 0 Å². The largest absolute Gasteiger partial charge is 0.310 e. The van der Waals surface area contributed by atoms with E-state index in [9.17, 15) is 0 Å². The van der Waals surface area contributed by atoms with E-state index in [0.29, 0.717) is 0 Å². The number of hydrogen-bond acceptors (Lipinski definition) is 5. The first-order chi connectivity index (χ1) is 32.7. The lowest BCUT2D eigenvalue weighted by molar-refractivity contribution is 1.03. The van der Waals surface area contributed by atoms with Gasteiger partial charge in [0, 0.05) is 48.8 Å². The van der Waals surface area contributed by atoms with Crippen LogP contribution in [0.5, 0.6) is 0 Å². The molecule has 3 heterocycles. The Balaban J connectivity index is 0.889. The van der Waals surface area contributed by atoms with Crippen molar-refractivity contribution >= 4 is 74.7 Å². The van der Waals surface area contributed by atoms with Crippen LogP contribution in [0.3, 0.4) is 0 Å². The van der Waals surface area contributed by atoms with Gasteiger partial charge in [-0.15, -0.1) is 0 Å². The van der Waals surface area contributed by atoms with E-state index in [1.165, 1.54) is 98.2 Å². The highest BCUT2D eigenvalue weighted by Gasteiger charge is 2.33. The van der Waals surface area contributed by atoms with Gasteiger partial charge >= 0.3 is 0 Å². The molecule has 5 heteroatoms.